The highest BCUT2D eigenvalue weighted by Gasteiger charge is 2.14. The fourth-order valence-electron chi connectivity index (χ4n) is 2.94. The van der Waals surface area contributed by atoms with Crippen LogP contribution in [0.4, 0.5) is 0 Å². The molecule has 22 heavy (non-hydrogen) atoms. The summed E-state index contributed by atoms with van der Waals surface area (Å²) in [6.45, 7) is 1.98. The molecule has 0 aliphatic rings. The Bertz CT molecular complexity index is 1010. The summed E-state index contributed by atoms with van der Waals surface area (Å²) >= 11 is 0. The average Bonchev–Trinajstić information content (AvgIpc) is 2.94. The maximum atomic E-state index is 11.6. The zero-order chi connectivity index (χ0) is 15.1. The Labute approximate surface area is 127 Å². The van der Waals surface area contributed by atoms with Gasteiger partial charge >= 0.3 is 0 Å². The molecule has 0 saturated heterocycles. The van der Waals surface area contributed by atoms with Crippen LogP contribution in [0.15, 0.2) is 60.7 Å². The Morgan fingerprint density at radius 2 is 1.77 bits per heavy atom. The highest BCUT2D eigenvalue weighted by molar-refractivity contribution is 5.91. The molecule has 4 aromatic rings. The van der Waals surface area contributed by atoms with Crippen LogP contribution in [-0.2, 0) is 0 Å². The number of hydrogen-bond donors (Lipinski definition) is 0. The summed E-state index contributed by atoms with van der Waals surface area (Å²) in [5.74, 6) is 0. The number of hydrogen-bond acceptors (Lipinski definition) is 2. The molecule has 0 unspecified atom stereocenters. The molecular formula is C19H14N2O. The summed E-state index contributed by atoms with van der Waals surface area (Å²) in [6.07, 6.45) is 0.886. The van der Waals surface area contributed by atoms with E-state index in [0.29, 0.717) is 5.69 Å². The number of imidazole rings is 1. The lowest BCUT2D eigenvalue weighted by atomic mass is 10.0. The Kier molecular flexibility index (Phi) is 2.79. The molecule has 2 heterocycles. The number of carbonyl (C=O) groups excluding carboxylic acids is 1. The summed E-state index contributed by atoms with van der Waals surface area (Å²) in [5, 5.41) is 2.32. The van der Waals surface area contributed by atoms with Gasteiger partial charge in [0.05, 0.1) is 0 Å². The van der Waals surface area contributed by atoms with Gasteiger partial charge in [0.1, 0.15) is 17.0 Å². The van der Waals surface area contributed by atoms with Crippen LogP contribution < -0.4 is 0 Å². The van der Waals surface area contributed by atoms with Crippen molar-refractivity contribution in [3.05, 3.63) is 72.1 Å². The van der Waals surface area contributed by atoms with E-state index in [9.17, 15) is 4.79 Å². The van der Waals surface area contributed by atoms with Crippen molar-refractivity contribution in [1.82, 2.24) is 9.38 Å². The molecule has 0 saturated carbocycles. The van der Waals surface area contributed by atoms with Crippen LogP contribution in [0.1, 0.15) is 16.2 Å². The van der Waals surface area contributed by atoms with Crippen molar-refractivity contribution in [3.63, 3.8) is 0 Å². The first kappa shape index (κ1) is 12.8. The smallest absolute Gasteiger partial charge is 0.169 e. The molecule has 0 atom stereocenters. The van der Waals surface area contributed by atoms with Gasteiger partial charge in [0.2, 0.25) is 0 Å². The molecule has 0 aliphatic heterocycles. The lowest BCUT2D eigenvalue weighted by Crippen LogP contribution is -1.96. The van der Waals surface area contributed by atoms with Gasteiger partial charge in [0.25, 0.3) is 0 Å². The van der Waals surface area contributed by atoms with Crippen LogP contribution >= 0.6 is 0 Å². The molecule has 0 aliphatic carbocycles. The first-order valence-electron chi connectivity index (χ1n) is 7.20. The molecule has 4 rings (SSSR count). The molecule has 0 fully saturated rings. The van der Waals surface area contributed by atoms with E-state index in [2.05, 4.69) is 29.2 Å². The van der Waals surface area contributed by atoms with Crippen molar-refractivity contribution in [2.75, 3.05) is 0 Å². The zero-order valence-corrected chi connectivity index (χ0v) is 12.2. The molecule has 0 N–H and O–H groups in total. The normalized spacial score (nSPS) is 11.1. The second kappa shape index (κ2) is 4.81. The van der Waals surface area contributed by atoms with Crippen molar-refractivity contribution >= 4 is 22.7 Å². The van der Waals surface area contributed by atoms with Gasteiger partial charge in [-0.25, -0.2) is 4.98 Å². The summed E-state index contributed by atoms with van der Waals surface area (Å²) in [4.78, 5) is 16.3. The molecule has 0 bridgehead atoms. The summed E-state index contributed by atoms with van der Waals surface area (Å²) < 4.78 is 1.90. The molecule has 2 aromatic carbocycles. The monoisotopic (exact) mass is 286 g/mol. The molecule has 3 nitrogen and oxygen atoms in total. The van der Waals surface area contributed by atoms with Gasteiger partial charge in [-0.1, -0.05) is 42.5 Å². The van der Waals surface area contributed by atoms with Gasteiger partial charge in [-0.3, -0.25) is 9.20 Å². The lowest BCUT2D eigenvalue weighted by molar-refractivity contribution is 0.111. The van der Waals surface area contributed by atoms with Crippen LogP contribution in [0.5, 0.6) is 0 Å². The van der Waals surface area contributed by atoms with E-state index in [-0.39, 0.29) is 0 Å². The number of carbonyl (C=O) groups is 1. The summed E-state index contributed by atoms with van der Waals surface area (Å²) in [7, 11) is 0. The number of benzene rings is 2. The first-order chi connectivity index (χ1) is 10.8. The molecule has 0 radical (unpaired) electrons. The number of aldehydes is 1. The summed E-state index contributed by atoms with van der Waals surface area (Å²) in [6, 6.07) is 20.2. The first-order valence-corrected chi connectivity index (χ1v) is 7.20. The van der Waals surface area contributed by atoms with Crippen LogP contribution in [0.25, 0.3) is 27.7 Å². The zero-order valence-electron chi connectivity index (χ0n) is 12.2. The third-order valence-electron chi connectivity index (χ3n) is 4.01. The van der Waals surface area contributed by atoms with Gasteiger partial charge in [0, 0.05) is 11.3 Å². The molecule has 0 spiro atoms. The quantitative estimate of drug-likeness (QED) is 0.516. The van der Waals surface area contributed by atoms with Gasteiger partial charge < -0.3 is 0 Å². The van der Waals surface area contributed by atoms with E-state index in [1.54, 1.807) is 0 Å². The number of fused-ring (bicyclic) bond motifs is 2. The Morgan fingerprint density at radius 3 is 2.59 bits per heavy atom. The van der Waals surface area contributed by atoms with Crippen LogP contribution in [0.2, 0.25) is 0 Å². The fraction of sp³-hybridized carbons (Fsp3) is 0.0526. The van der Waals surface area contributed by atoms with E-state index < -0.39 is 0 Å². The van der Waals surface area contributed by atoms with E-state index in [0.717, 1.165) is 34.3 Å². The molecule has 2 aromatic heterocycles. The molecular weight excluding hydrogens is 272 g/mol. The van der Waals surface area contributed by atoms with Crippen LogP contribution in [0, 0.1) is 6.92 Å². The van der Waals surface area contributed by atoms with Crippen molar-refractivity contribution in [1.29, 1.82) is 0 Å². The van der Waals surface area contributed by atoms with E-state index >= 15 is 0 Å². The highest BCUT2D eigenvalue weighted by atomic mass is 16.1. The number of aryl methyl sites for hydroxylation is 1. The highest BCUT2D eigenvalue weighted by Crippen LogP contribution is 2.27. The Hall–Kier alpha value is -2.94. The Balaban J connectivity index is 2.03. The topological polar surface area (TPSA) is 34.4 Å². The standard InChI is InChI=1S/C19H14N2O/c1-13-5-4-8-18-20-19(17(12-22)21(13)18)16-10-9-14-6-2-3-7-15(14)11-16/h2-12H,1H3. The number of rotatable bonds is 2. The lowest BCUT2D eigenvalue weighted by Gasteiger charge is -2.03. The SMILES string of the molecule is Cc1cccc2nc(-c3ccc4ccccc4c3)c(C=O)n12. The van der Waals surface area contributed by atoms with Gasteiger partial charge in [-0.05, 0) is 35.9 Å². The third-order valence-corrected chi connectivity index (χ3v) is 4.01. The third kappa shape index (κ3) is 1.83. The number of pyridine rings is 1. The van der Waals surface area contributed by atoms with E-state index in [1.165, 1.54) is 5.39 Å². The van der Waals surface area contributed by atoms with Crippen molar-refractivity contribution in [3.8, 4) is 11.3 Å². The second-order valence-electron chi connectivity index (χ2n) is 5.39. The minimum atomic E-state index is 0.600. The number of nitrogens with zero attached hydrogens (tertiary/aromatic N) is 2. The van der Waals surface area contributed by atoms with E-state index in [4.69, 9.17) is 0 Å². The molecule has 106 valence electrons. The average molecular weight is 286 g/mol. The minimum Gasteiger partial charge on any atom is -0.296 e. The summed E-state index contributed by atoms with van der Waals surface area (Å²) in [5.41, 5.74) is 4.09. The van der Waals surface area contributed by atoms with E-state index in [1.807, 2.05) is 47.7 Å². The van der Waals surface area contributed by atoms with Gasteiger partial charge in [-0.2, -0.15) is 0 Å². The van der Waals surface area contributed by atoms with Crippen molar-refractivity contribution < 1.29 is 4.79 Å². The predicted molar refractivity (Wildman–Crippen MR) is 88.3 cm³/mol. The molecule has 3 heteroatoms. The van der Waals surface area contributed by atoms with Crippen molar-refractivity contribution in [2.45, 2.75) is 6.92 Å². The van der Waals surface area contributed by atoms with Crippen LogP contribution in [-0.4, -0.2) is 15.7 Å². The van der Waals surface area contributed by atoms with Crippen molar-refractivity contribution in [2.24, 2.45) is 0 Å². The second-order valence-corrected chi connectivity index (χ2v) is 5.39. The predicted octanol–water partition coefficient (Wildman–Crippen LogP) is 4.28. The maximum absolute atomic E-state index is 11.6. The van der Waals surface area contributed by atoms with Crippen LogP contribution in [0.3, 0.4) is 0 Å². The largest absolute Gasteiger partial charge is 0.296 e. The number of aromatic nitrogens is 2. The fourth-order valence-corrected chi connectivity index (χ4v) is 2.94. The van der Waals surface area contributed by atoms with Gasteiger partial charge in [-0.15, -0.1) is 0 Å². The molecule has 0 amide bonds. The Morgan fingerprint density at radius 1 is 0.955 bits per heavy atom. The maximum Gasteiger partial charge on any atom is 0.169 e. The minimum absolute atomic E-state index is 0.600. The van der Waals surface area contributed by atoms with Gasteiger partial charge in [0.15, 0.2) is 6.29 Å².